The molecule has 0 atom stereocenters. The second kappa shape index (κ2) is 6.86. The average Bonchev–Trinajstić information content (AvgIpc) is 2.79. The minimum Gasteiger partial charge on any atom is -0.461 e. The van der Waals surface area contributed by atoms with Crippen molar-refractivity contribution in [2.24, 2.45) is 0 Å². The van der Waals surface area contributed by atoms with Crippen molar-refractivity contribution in [1.29, 1.82) is 0 Å². The van der Waals surface area contributed by atoms with Gasteiger partial charge in [-0.2, -0.15) is 0 Å². The number of nitrogens with zero attached hydrogens (tertiary/aromatic N) is 1. The molecule has 5 heteroatoms. The lowest BCUT2D eigenvalue weighted by atomic mass is 10.1. The van der Waals surface area contributed by atoms with Gasteiger partial charge in [0, 0.05) is 29.6 Å². The Kier molecular flexibility index (Phi) is 4.65. The molecule has 0 bridgehead atoms. The Morgan fingerprint density at radius 2 is 1.87 bits per heavy atom. The van der Waals surface area contributed by atoms with E-state index in [4.69, 9.17) is 4.74 Å². The number of ether oxygens (including phenoxy) is 1. The van der Waals surface area contributed by atoms with E-state index >= 15 is 0 Å². The predicted molar refractivity (Wildman–Crippen MR) is 88.6 cm³/mol. The van der Waals surface area contributed by atoms with E-state index in [9.17, 15) is 9.59 Å². The maximum Gasteiger partial charge on any atom is 0.354 e. The molecule has 0 radical (unpaired) electrons. The fourth-order valence-electron chi connectivity index (χ4n) is 3.04. The second-order valence-electron chi connectivity index (χ2n) is 5.91. The molecule has 1 N–H and O–H groups in total. The van der Waals surface area contributed by atoms with Gasteiger partial charge in [-0.1, -0.05) is 12.8 Å². The SMILES string of the molecule is CCOC(=O)c1cc2cc(C(=O)N3CCCCCC3)ccc2[nH]1. The van der Waals surface area contributed by atoms with E-state index in [0.717, 1.165) is 36.8 Å². The summed E-state index contributed by atoms with van der Waals surface area (Å²) in [7, 11) is 0. The Hall–Kier alpha value is -2.30. The van der Waals surface area contributed by atoms with Crippen LogP contribution in [0.3, 0.4) is 0 Å². The van der Waals surface area contributed by atoms with Crippen LogP contribution in [0.2, 0.25) is 0 Å². The number of rotatable bonds is 3. The Labute approximate surface area is 135 Å². The number of hydrogen-bond acceptors (Lipinski definition) is 3. The summed E-state index contributed by atoms with van der Waals surface area (Å²) < 4.78 is 5.00. The van der Waals surface area contributed by atoms with Crippen molar-refractivity contribution in [2.45, 2.75) is 32.6 Å². The van der Waals surface area contributed by atoms with Crippen molar-refractivity contribution in [2.75, 3.05) is 19.7 Å². The maximum absolute atomic E-state index is 12.7. The highest BCUT2D eigenvalue weighted by Gasteiger charge is 2.18. The molecule has 5 nitrogen and oxygen atoms in total. The third-order valence-electron chi connectivity index (χ3n) is 4.26. The van der Waals surface area contributed by atoms with E-state index in [1.165, 1.54) is 12.8 Å². The Morgan fingerprint density at radius 3 is 2.57 bits per heavy atom. The molecule has 3 rings (SSSR count). The fourth-order valence-corrected chi connectivity index (χ4v) is 3.04. The van der Waals surface area contributed by atoms with Crippen LogP contribution < -0.4 is 0 Å². The summed E-state index contributed by atoms with van der Waals surface area (Å²) >= 11 is 0. The van der Waals surface area contributed by atoms with Gasteiger partial charge in [-0.05, 0) is 44.0 Å². The third-order valence-corrected chi connectivity index (χ3v) is 4.26. The van der Waals surface area contributed by atoms with Crippen molar-refractivity contribution in [3.8, 4) is 0 Å². The van der Waals surface area contributed by atoms with Crippen LogP contribution in [0.5, 0.6) is 0 Å². The van der Waals surface area contributed by atoms with Crippen LogP contribution in [0, 0.1) is 0 Å². The van der Waals surface area contributed by atoms with E-state index in [-0.39, 0.29) is 11.9 Å². The fraction of sp³-hybridized carbons (Fsp3) is 0.444. The van der Waals surface area contributed by atoms with E-state index in [1.54, 1.807) is 13.0 Å². The standard InChI is InChI=1S/C18H22N2O3/c1-2-23-18(22)16-12-14-11-13(7-8-15(14)19-16)17(21)20-9-5-3-4-6-10-20/h7-8,11-12,19H,2-6,9-10H2,1H3. The molecule has 1 fully saturated rings. The normalized spacial score (nSPS) is 15.4. The summed E-state index contributed by atoms with van der Waals surface area (Å²) in [5.74, 6) is -0.295. The zero-order chi connectivity index (χ0) is 16.2. The highest BCUT2D eigenvalue weighted by Crippen LogP contribution is 2.20. The van der Waals surface area contributed by atoms with Crippen LogP contribution in [-0.4, -0.2) is 41.5 Å². The Morgan fingerprint density at radius 1 is 1.13 bits per heavy atom. The summed E-state index contributed by atoms with van der Waals surface area (Å²) in [4.78, 5) is 29.4. The first-order valence-electron chi connectivity index (χ1n) is 8.28. The number of aromatic nitrogens is 1. The van der Waals surface area contributed by atoms with Gasteiger partial charge in [0.1, 0.15) is 5.69 Å². The molecule has 0 unspecified atom stereocenters. The van der Waals surface area contributed by atoms with Crippen molar-refractivity contribution < 1.29 is 14.3 Å². The Balaban J connectivity index is 1.84. The van der Waals surface area contributed by atoms with Gasteiger partial charge in [0.25, 0.3) is 5.91 Å². The lowest BCUT2D eigenvalue weighted by Crippen LogP contribution is -2.31. The topological polar surface area (TPSA) is 62.4 Å². The van der Waals surface area contributed by atoms with Crippen LogP contribution in [0.15, 0.2) is 24.3 Å². The average molecular weight is 314 g/mol. The van der Waals surface area contributed by atoms with Gasteiger partial charge < -0.3 is 14.6 Å². The molecule has 1 aromatic carbocycles. The minimum atomic E-state index is -0.371. The second-order valence-corrected chi connectivity index (χ2v) is 5.91. The van der Waals surface area contributed by atoms with Gasteiger partial charge >= 0.3 is 5.97 Å². The number of fused-ring (bicyclic) bond motifs is 1. The zero-order valence-corrected chi connectivity index (χ0v) is 13.4. The van der Waals surface area contributed by atoms with Crippen molar-refractivity contribution in [3.05, 3.63) is 35.5 Å². The van der Waals surface area contributed by atoms with Crippen LogP contribution in [0.25, 0.3) is 10.9 Å². The van der Waals surface area contributed by atoms with Gasteiger partial charge in [0.2, 0.25) is 0 Å². The number of aromatic amines is 1. The van der Waals surface area contributed by atoms with Gasteiger partial charge in [0.15, 0.2) is 0 Å². The lowest BCUT2D eigenvalue weighted by Gasteiger charge is -2.20. The molecule has 0 saturated carbocycles. The smallest absolute Gasteiger partial charge is 0.354 e. The quantitative estimate of drug-likeness (QED) is 0.884. The molecule has 122 valence electrons. The molecule has 0 spiro atoms. The minimum absolute atomic E-state index is 0.0766. The first-order chi connectivity index (χ1) is 11.2. The first-order valence-corrected chi connectivity index (χ1v) is 8.28. The summed E-state index contributed by atoms with van der Waals surface area (Å²) in [5, 5.41) is 0.855. The monoisotopic (exact) mass is 314 g/mol. The molecule has 23 heavy (non-hydrogen) atoms. The number of esters is 1. The number of benzene rings is 1. The van der Waals surface area contributed by atoms with E-state index in [2.05, 4.69) is 4.98 Å². The highest BCUT2D eigenvalue weighted by molar-refractivity contribution is 6.00. The summed E-state index contributed by atoms with van der Waals surface area (Å²) in [5.41, 5.74) is 1.93. The van der Waals surface area contributed by atoms with Crippen molar-refractivity contribution >= 4 is 22.8 Å². The van der Waals surface area contributed by atoms with Crippen molar-refractivity contribution in [1.82, 2.24) is 9.88 Å². The number of H-pyrrole nitrogens is 1. The summed E-state index contributed by atoms with van der Waals surface area (Å²) in [6.45, 7) is 3.78. The molecule has 1 amide bonds. The summed E-state index contributed by atoms with van der Waals surface area (Å²) in [6, 6.07) is 7.26. The Bertz CT molecular complexity index is 712. The van der Waals surface area contributed by atoms with Crippen LogP contribution in [-0.2, 0) is 4.74 Å². The molecule has 1 aliphatic rings. The number of carbonyl (C=O) groups is 2. The summed E-state index contributed by atoms with van der Waals surface area (Å²) in [6.07, 6.45) is 4.54. The number of carbonyl (C=O) groups excluding carboxylic acids is 2. The van der Waals surface area contributed by atoms with Gasteiger partial charge in [-0.15, -0.1) is 0 Å². The molecular formula is C18H22N2O3. The third kappa shape index (κ3) is 3.38. The number of nitrogens with one attached hydrogen (secondary N) is 1. The van der Waals surface area contributed by atoms with Crippen LogP contribution in [0.1, 0.15) is 53.5 Å². The molecular weight excluding hydrogens is 292 g/mol. The number of amides is 1. The van der Waals surface area contributed by atoms with Crippen molar-refractivity contribution in [3.63, 3.8) is 0 Å². The van der Waals surface area contributed by atoms with E-state index in [1.807, 2.05) is 23.1 Å². The van der Waals surface area contributed by atoms with Gasteiger partial charge in [0.05, 0.1) is 6.61 Å². The molecule has 0 aliphatic carbocycles. The number of hydrogen-bond donors (Lipinski definition) is 1. The van der Waals surface area contributed by atoms with E-state index in [0.29, 0.717) is 17.9 Å². The number of likely N-dealkylation sites (tertiary alicyclic amines) is 1. The van der Waals surface area contributed by atoms with E-state index < -0.39 is 0 Å². The van der Waals surface area contributed by atoms with Gasteiger partial charge in [-0.25, -0.2) is 4.79 Å². The molecule has 2 aromatic rings. The van der Waals surface area contributed by atoms with Crippen LogP contribution >= 0.6 is 0 Å². The molecule has 1 saturated heterocycles. The predicted octanol–water partition coefficient (Wildman–Crippen LogP) is 3.36. The maximum atomic E-state index is 12.7. The molecule has 2 heterocycles. The molecule has 1 aromatic heterocycles. The molecule has 1 aliphatic heterocycles. The highest BCUT2D eigenvalue weighted by atomic mass is 16.5. The lowest BCUT2D eigenvalue weighted by molar-refractivity contribution is 0.0520. The van der Waals surface area contributed by atoms with Crippen LogP contribution in [0.4, 0.5) is 0 Å². The first kappa shape index (κ1) is 15.6. The zero-order valence-electron chi connectivity index (χ0n) is 13.4. The largest absolute Gasteiger partial charge is 0.461 e. The van der Waals surface area contributed by atoms with Gasteiger partial charge in [-0.3, -0.25) is 4.79 Å².